The van der Waals surface area contributed by atoms with E-state index < -0.39 is 22.4 Å². The number of aryl methyl sites for hydroxylation is 1. The van der Waals surface area contributed by atoms with E-state index in [0.717, 1.165) is 18.5 Å². The van der Waals surface area contributed by atoms with Gasteiger partial charge in [-0.25, -0.2) is 22.9 Å². The van der Waals surface area contributed by atoms with Gasteiger partial charge in [0, 0.05) is 18.7 Å². The fourth-order valence-corrected chi connectivity index (χ4v) is 6.04. The highest BCUT2D eigenvalue weighted by molar-refractivity contribution is 7.91. The zero-order valence-corrected chi connectivity index (χ0v) is 19.9. The number of sulfone groups is 1. The minimum atomic E-state index is -3.12. The third-order valence-electron chi connectivity index (χ3n) is 6.35. The Morgan fingerprint density at radius 2 is 2.09 bits per heavy atom. The van der Waals surface area contributed by atoms with Crippen molar-refractivity contribution in [2.45, 2.75) is 44.7 Å². The minimum Gasteiger partial charge on any atom is -0.467 e. The maximum Gasteiger partial charge on any atom is 0.339 e. The van der Waals surface area contributed by atoms with Crippen molar-refractivity contribution in [2.24, 2.45) is 0 Å². The highest BCUT2D eigenvalue weighted by Gasteiger charge is 2.34. The van der Waals surface area contributed by atoms with Gasteiger partial charge in [-0.05, 0) is 44.4 Å². The second-order valence-corrected chi connectivity index (χ2v) is 11.3. The molecule has 1 aliphatic carbocycles. The lowest BCUT2D eigenvalue weighted by Crippen LogP contribution is -2.30. The van der Waals surface area contributed by atoms with Crippen LogP contribution in [0.4, 0.5) is 0 Å². The molecule has 0 spiro atoms. The molecule has 2 aliphatic rings. The monoisotopic (exact) mass is 486 g/mol. The Morgan fingerprint density at radius 1 is 1.29 bits per heavy atom. The topological polar surface area (TPSA) is 125 Å². The summed E-state index contributed by atoms with van der Waals surface area (Å²) in [6.07, 6.45) is 3.95. The highest BCUT2D eigenvalue weighted by atomic mass is 32.2. The van der Waals surface area contributed by atoms with E-state index in [2.05, 4.69) is 5.10 Å². The van der Waals surface area contributed by atoms with Crippen LogP contribution in [0.3, 0.4) is 0 Å². The average molecular weight is 487 g/mol. The minimum absolute atomic E-state index is 0.00877. The SMILES string of the molecule is Cc1nn(C2CCS(=O)(=O)C2)c2nc(C3CC3)cc(C(=O)OCC(=O)N(C)Cc3ccco3)c12. The van der Waals surface area contributed by atoms with E-state index in [9.17, 15) is 18.0 Å². The molecule has 1 saturated carbocycles. The molecule has 11 heteroatoms. The van der Waals surface area contributed by atoms with Crippen LogP contribution >= 0.6 is 0 Å². The van der Waals surface area contributed by atoms with Gasteiger partial charge in [0.15, 0.2) is 22.1 Å². The zero-order valence-electron chi connectivity index (χ0n) is 19.1. The van der Waals surface area contributed by atoms with E-state index in [1.54, 1.807) is 36.9 Å². The van der Waals surface area contributed by atoms with E-state index in [4.69, 9.17) is 14.1 Å². The first kappa shape index (κ1) is 22.6. The van der Waals surface area contributed by atoms with Crippen LogP contribution in [0.1, 0.15) is 58.7 Å². The maximum atomic E-state index is 13.1. The molecular weight excluding hydrogens is 460 g/mol. The molecular formula is C23H26N4O6S. The van der Waals surface area contributed by atoms with Gasteiger partial charge in [-0.15, -0.1) is 0 Å². The summed E-state index contributed by atoms with van der Waals surface area (Å²) in [5, 5.41) is 5.10. The lowest BCUT2D eigenvalue weighted by atomic mass is 10.1. The summed E-state index contributed by atoms with van der Waals surface area (Å²) < 4.78 is 36.4. The zero-order chi connectivity index (χ0) is 24.0. The molecule has 1 atom stereocenters. The van der Waals surface area contributed by atoms with Gasteiger partial charge in [0.1, 0.15) is 5.76 Å². The number of ether oxygens (including phenoxy) is 1. The van der Waals surface area contributed by atoms with E-state index >= 15 is 0 Å². The first-order valence-electron chi connectivity index (χ1n) is 11.3. The number of aromatic nitrogens is 3. The van der Waals surface area contributed by atoms with Crippen molar-refractivity contribution in [3.8, 4) is 0 Å². The van der Waals surface area contributed by atoms with Gasteiger partial charge in [0.2, 0.25) is 0 Å². The van der Waals surface area contributed by atoms with Crippen LogP contribution in [0.5, 0.6) is 0 Å². The summed E-state index contributed by atoms with van der Waals surface area (Å²) in [6, 6.07) is 4.91. The number of furan rings is 1. The molecule has 1 amide bonds. The van der Waals surface area contributed by atoms with Crippen LogP contribution in [0, 0.1) is 6.92 Å². The number of likely N-dealkylation sites (N-methyl/N-ethyl adjacent to an activating group) is 1. The Hall–Kier alpha value is -3.21. The van der Waals surface area contributed by atoms with Gasteiger partial charge < -0.3 is 14.1 Å². The summed E-state index contributed by atoms with van der Waals surface area (Å²) >= 11 is 0. The van der Waals surface area contributed by atoms with Crippen LogP contribution in [0.2, 0.25) is 0 Å². The van der Waals surface area contributed by atoms with Gasteiger partial charge in [-0.2, -0.15) is 5.10 Å². The van der Waals surface area contributed by atoms with Crippen LogP contribution in [-0.4, -0.2) is 65.1 Å². The number of carbonyl (C=O) groups is 2. The molecule has 10 nitrogen and oxygen atoms in total. The van der Waals surface area contributed by atoms with Crippen LogP contribution in [-0.2, 0) is 25.9 Å². The molecule has 1 unspecified atom stereocenters. The number of esters is 1. The van der Waals surface area contributed by atoms with Gasteiger partial charge in [0.25, 0.3) is 5.91 Å². The molecule has 0 radical (unpaired) electrons. The number of hydrogen-bond acceptors (Lipinski definition) is 8. The molecule has 1 aliphatic heterocycles. The number of pyridine rings is 1. The molecule has 1 saturated heterocycles. The quantitative estimate of drug-likeness (QED) is 0.466. The molecule has 0 N–H and O–H groups in total. The second kappa shape index (κ2) is 8.53. The van der Waals surface area contributed by atoms with Crippen molar-refractivity contribution in [1.29, 1.82) is 0 Å². The standard InChI is InChI=1S/C23H26N4O6S/c1-14-21-18(23(29)33-12-20(28)26(2)11-17-4-3-8-32-17)10-19(15-5-6-15)24-22(21)27(25-14)16-7-9-34(30,31)13-16/h3-4,8,10,15-16H,5-7,9,11-13H2,1-2H3. The van der Waals surface area contributed by atoms with E-state index in [1.165, 1.54) is 11.2 Å². The Balaban J connectivity index is 1.41. The van der Waals surface area contributed by atoms with Crippen molar-refractivity contribution in [3.05, 3.63) is 47.2 Å². The third kappa shape index (κ3) is 4.44. The van der Waals surface area contributed by atoms with Crippen molar-refractivity contribution in [1.82, 2.24) is 19.7 Å². The maximum absolute atomic E-state index is 13.1. The fourth-order valence-electron chi connectivity index (χ4n) is 4.34. The van der Waals surface area contributed by atoms with Crippen LogP contribution < -0.4 is 0 Å². The molecule has 2 fully saturated rings. The van der Waals surface area contributed by atoms with E-state index in [1.807, 2.05) is 0 Å². The Kier molecular flexibility index (Phi) is 5.67. The molecule has 3 aromatic heterocycles. The second-order valence-electron chi connectivity index (χ2n) is 9.06. The molecule has 0 bridgehead atoms. The predicted molar refractivity (Wildman–Crippen MR) is 122 cm³/mol. The van der Waals surface area contributed by atoms with Crippen LogP contribution in [0.25, 0.3) is 11.0 Å². The molecule has 34 heavy (non-hydrogen) atoms. The van der Waals surface area contributed by atoms with Gasteiger partial charge >= 0.3 is 5.97 Å². The number of carbonyl (C=O) groups excluding carboxylic acids is 2. The number of fused-ring (bicyclic) bond motifs is 1. The summed E-state index contributed by atoms with van der Waals surface area (Å²) in [7, 11) is -1.51. The highest BCUT2D eigenvalue weighted by Crippen LogP contribution is 2.41. The predicted octanol–water partition coefficient (Wildman–Crippen LogP) is 2.39. The average Bonchev–Trinajstić information content (AvgIpc) is 3.26. The molecule has 180 valence electrons. The van der Waals surface area contributed by atoms with Crippen molar-refractivity contribution in [3.63, 3.8) is 0 Å². The van der Waals surface area contributed by atoms with Crippen molar-refractivity contribution < 1.29 is 27.2 Å². The third-order valence-corrected chi connectivity index (χ3v) is 8.10. The van der Waals surface area contributed by atoms with Crippen LogP contribution in [0.15, 0.2) is 28.9 Å². The van der Waals surface area contributed by atoms with E-state index in [-0.39, 0.29) is 35.9 Å². The number of amides is 1. The largest absolute Gasteiger partial charge is 0.467 e. The molecule has 0 aromatic carbocycles. The van der Waals surface area contributed by atoms with Gasteiger partial charge in [-0.1, -0.05) is 0 Å². The Bertz CT molecular complexity index is 1360. The Morgan fingerprint density at radius 3 is 2.74 bits per heavy atom. The molecule has 5 rings (SSSR count). The van der Waals surface area contributed by atoms with Crippen molar-refractivity contribution >= 4 is 32.7 Å². The lowest BCUT2D eigenvalue weighted by molar-refractivity contribution is -0.133. The normalized spacial score (nSPS) is 19.4. The smallest absolute Gasteiger partial charge is 0.339 e. The summed E-state index contributed by atoms with van der Waals surface area (Å²) in [5.41, 5.74) is 2.14. The first-order chi connectivity index (χ1) is 16.2. The summed E-state index contributed by atoms with van der Waals surface area (Å²) in [5.74, 6) is 0.0198. The van der Waals surface area contributed by atoms with Gasteiger partial charge in [-0.3, -0.25) is 4.79 Å². The molecule has 3 aromatic rings. The Labute approximate surface area is 196 Å². The van der Waals surface area contributed by atoms with Crippen molar-refractivity contribution in [2.75, 3.05) is 25.2 Å². The summed E-state index contributed by atoms with van der Waals surface area (Å²) in [4.78, 5) is 31.8. The van der Waals surface area contributed by atoms with E-state index in [0.29, 0.717) is 34.5 Å². The number of hydrogen-bond donors (Lipinski definition) is 0. The first-order valence-corrected chi connectivity index (χ1v) is 13.1. The number of rotatable bonds is 7. The lowest BCUT2D eigenvalue weighted by Gasteiger charge is -2.16. The fraction of sp³-hybridized carbons (Fsp3) is 0.478. The summed E-state index contributed by atoms with van der Waals surface area (Å²) in [6.45, 7) is 1.62. The number of nitrogens with zero attached hydrogens (tertiary/aromatic N) is 4. The van der Waals surface area contributed by atoms with Gasteiger partial charge in [0.05, 0.1) is 47.0 Å². The molecule has 4 heterocycles.